The van der Waals surface area contributed by atoms with E-state index in [-0.39, 0.29) is 6.03 Å². The SMILES string of the molecule is COC(=O)C1=C(CN2CCc3ccccc32)NC(=O)NC1c1ccc(OC)c(OC)c1. The number of nitrogens with zero attached hydrogens (tertiary/aromatic N) is 1. The monoisotopic (exact) mass is 423 g/mol. The number of urea groups is 1. The fraction of sp³-hybridized carbons (Fsp3) is 0.304. The molecular formula is C23H25N3O5. The minimum absolute atomic E-state index is 0.360. The summed E-state index contributed by atoms with van der Waals surface area (Å²) in [5.74, 6) is 0.561. The van der Waals surface area contributed by atoms with E-state index >= 15 is 0 Å². The fourth-order valence-corrected chi connectivity index (χ4v) is 4.14. The van der Waals surface area contributed by atoms with Crippen LogP contribution in [0.3, 0.4) is 0 Å². The van der Waals surface area contributed by atoms with E-state index in [2.05, 4.69) is 27.7 Å². The Morgan fingerprint density at radius 2 is 1.87 bits per heavy atom. The van der Waals surface area contributed by atoms with E-state index < -0.39 is 12.0 Å². The zero-order chi connectivity index (χ0) is 22.0. The summed E-state index contributed by atoms with van der Waals surface area (Å²) in [6.07, 6.45) is 0.919. The normalized spacial score (nSPS) is 17.6. The Balaban J connectivity index is 1.75. The molecule has 0 saturated heterocycles. The maximum Gasteiger partial charge on any atom is 0.338 e. The summed E-state index contributed by atoms with van der Waals surface area (Å²) in [5.41, 5.74) is 3.92. The lowest BCUT2D eigenvalue weighted by Gasteiger charge is -2.31. The number of amides is 2. The summed E-state index contributed by atoms with van der Waals surface area (Å²) in [4.78, 5) is 27.5. The van der Waals surface area contributed by atoms with Gasteiger partial charge in [0, 0.05) is 12.2 Å². The van der Waals surface area contributed by atoms with E-state index in [1.807, 2.05) is 12.1 Å². The molecule has 2 heterocycles. The van der Waals surface area contributed by atoms with Crippen molar-refractivity contribution in [2.45, 2.75) is 12.5 Å². The third-order valence-electron chi connectivity index (χ3n) is 5.63. The summed E-state index contributed by atoms with van der Waals surface area (Å²) in [5, 5.41) is 5.66. The third kappa shape index (κ3) is 3.88. The van der Waals surface area contributed by atoms with Crippen LogP contribution in [-0.2, 0) is 16.0 Å². The number of benzene rings is 2. The molecule has 0 aromatic heterocycles. The van der Waals surface area contributed by atoms with Crippen LogP contribution < -0.4 is 25.0 Å². The first-order valence-electron chi connectivity index (χ1n) is 9.99. The predicted molar refractivity (Wildman–Crippen MR) is 115 cm³/mol. The van der Waals surface area contributed by atoms with Crippen LogP contribution in [0.25, 0.3) is 0 Å². The van der Waals surface area contributed by atoms with Crippen LogP contribution in [0.5, 0.6) is 11.5 Å². The van der Waals surface area contributed by atoms with Crippen molar-refractivity contribution in [2.75, 3.05) is 39.3 Å². The molecule has 1 atom stereocenters. The number of anilines is 1. The summed E-state index contributed by atoms with van der Waals surface area (Å²) >= 11 is 0. The van der Waals surface area contributed by atoms with Crippen molar-refractivity contribution in [1.82, 2.24) is 10.6 Å². The van der Waals surface area contributed by atoms with E-state index in [0.717, 1.165) is 18.7 Å². The molecule has 0 saturated carbocycles. The lowest BCUT2D eigenvalue weighted by Crippen LogP contribution is -2.48. The van der Waals surface area contributed by atoms with Crippen LogP contribution in [0, 0.1) is 0 Å². The topological polar surface area (TPSA) is 89.1 Å². The van der Waals surface area contributed by atoms with Crippen LogP contribution in [0.1, 0.15) is 17.2 Å². The average molecular weight is 423 g/mol. The molecule has 0 aliphatic carbocycles. The van der Waals surface area contributed by atoms with Crippen LogP contribution in [0.2, 0.25) is 0 Å². The number of methoxy groups -OCH3 is 3. The number of hydrogen-bond donors (Lipinski definition) is 2. The van der Waals surface area contributed by atoms with Crippen molar-refractivity contribution in [1.29, 1.82) is 0 Å². The van der Waals surface area contributed by atoms with Gasteiger partial charge >= 0.3 is 12.0 Å². The van der Waals surface area contributed by atoms with Crippen LogP contribution in [0.15, 0.2) is 53.7 Å². The van der Waals surface area contributed by atoms with Crippen molar-refractivity contribution in [3.8, 4) is 11.5 Å². The highest BCUT2D eigenvalue weighted by atomic mass is 16.5. The van der Waals surface area contributed by atoms with Gasteiger partial charge in [0.1, 0.15) is 0 Å². The van der Waals surface area contributed by atoms with Gasteiger partial charge in [-0.25, -0.2) is 9.59 Å². The van der Waals surface area contributed by atoms with Gasteiger partial charge in [0.25, 0.3) is 0 Å². The zero-order valence-corrected chi connectivity index (χ0v) is 17.7. The van der Waals surface area contributed by atoms with Crippen molar-refractivity contribution in [3.05, 3.63) is 64.9 Å². The van der Waals surface area contributed by atoms with Crippen molar-refractivity contribution >= 4 is 17.7 Å². The molecule has 31 heavy (non-hydrogen) atoms. The minimum Gasteiger partial charge on any atom is -0.493 e. The van der Waals surface area contributed by atoms with Gasteiger partial charge in [0.2, 0.25) is 0 Å². The molecule has 162 valence electrons. The average Bonchev–Trinajstić information content (AvgIpc) is 3.20. The largest absolute Gasteiger partial charge is 0.493 e. The molecular weight excluding hydrogens is 398 g/mol. The highest BCUT2D eigenvalue weighted by Crippen LogP contribution is 2.35. The Morgan fingerprint density at radius 3 is 2.61 bits per heavy atom. The van der Waals surface area contributed by atoms with Gasteiger partial charge in [-0.15, -0.1) is 0 Å². The van der Waals surface area contributed by atoms with Crippen molar-refractivity contribution in [2.24, 2.45) is 0 Å². The summed E-state index contributed by atoms with van der Waals surface area (Å²) in [7, 11) is 4.42. The molecule has 0 fully saturated rings. The maximum atomic E-state index is 12.8. The molecule has 8 nitrogen and oxygen atoms in total. The third-order valence-corrected chi connectivity index (χ3v) is 5.63. The lowest BCUT2D eigenvalue weighted by molar-refractivity contribution is -0.136. The maximum absolute atomic E-state index is 12.8. The molecule has 2 N–H and O–H groups in total. The van der Waals surface area contributed by atoms with Crippen LogP contribution >= 0.6 is 0 Å². The second-order valence-corrected chi connectivity index (χ2v) is 7.33. The number of esters is 1. The standard InChI is InChI=1S/C23H25N3O5/c1-29-18-9-8-15(12-19(18)30-2)21-20(22(27)31-3)16(24-23(28)25-21)13-26-11-10-14-6-4-5-7-17(14)26/h4-9,12,21H,10-11,13H2,1-3H3,(H2,24,25,28). The van der Waals surface area contributed by atoms with Crippen LogP contribution in [0.4, 0.5) is 10.5 Å². The summed E-state index contributed by atoms with van der Waals surface area (Å²) in [6, 6.07) is 12.4. The number of ether oxygens (including phenoxy) is 3. The number of para-hydroxylation sites is 1. The Hall–Kier alpha value is -3.68. The Morgan fingerprint density at radius 1 is 1.10 bits per heavy atom. The number of fused-ring (bicyclic) bond motifs is 1. The van der Waals surface area contributed by atoms with Gasteiger partial charge in [-0.1, -0.05) is 24.3 Å². The van der Waals surface area contributed by atoms with Gasteiger partial charge in [0.15, 0.2) is 11.5 Å². The highest BCUT2D eigenvalue weighted by Gasteiger charge is 2.35. The number of rotatable bonds is 6. The Labute approximate surface area is 180 Å². The molecule has 2 aliphatic rings. The van der Waals surface area contributed by atoms with Gasteiger partial charge in [-0.05, 0) is 35.7 Å². The second-order valence-electron chi connectivity index (χ2n) is 7.33. The molecule has 4 rings (SSSR count). The summed E-state index contributed by atoms with van der Waals surface area (Å²) in [6.45, 7) is 1.19. The van der Waals surface area contributed by atoms with Crippen molar-refractivity contribution in [3.63, 3.8) is 0 Å². The molecule has 2 aromatic rings. The lowest BCUT2D eigenvalue weighted by atomic mass is 9.94. The van der Waals surface area contributed by atoms with Gasteiger partial charge < -0.3 is 29.7 Å². The quantitative estimate of drug-likeness (QED) is 0.695. The number of nitrogens with one attached hydrogen (secondary N) is 2. The van der Waals surface area contributed by atoms with Gasteiger partial charge in [-0.2, -0.15) is 0 Å². The predicted octanol–water partition coefficient (Wildman–Crippen LogP) is 2.55. The molecule has 0 spiro atoms. The molecule has 1 unspecified atom stereocenters. The van der Waals surface area contributed by atoms with Crippen LogP contribution in [-0.4, -0.2) is 46.4 Å². The molecule has 2 aromatic carbocycles. The minimum atomic E-state index is -0.686. The first-order chi connectivity index (χ1) is 15.0. The molecule has 2 amide bonds. The molecule has 0 bridgehead atoms. The van der Waals surface area contributed by atoms with E-state index in [4.69, 9.17) is 14.2 Å². The van der Waals surface area contributed by atoms with Crippen molar-refractivity contribution < 1.29 is 23.8 Å². The number of carbonyl (C=O) groups is 2. The fourth-order valence-electron chi connectivity index (χ4n) is 4.14. The van der Waals surface area contributed by atoms with E-state index in [1.54, 1.807) is 25.3 Å². The molecule has 2 aliphatic heterocycles. The first-order valence-corrected chi connectivity index (χ1v) is 9.99. The highest BCUT2D eigenvalue weighted by molar-refractivity contribution is 5.95. The first kappa shape index (κ1) is 20.6. The van der Waals surface area contributed by atoms with E-state index in [0.29, 0.717) is 34.9 Å². The zero-order valence-electron chi connectivity index (χ0n) is 17.7. The molecule has 8 heteroatoms. The summed E-state index contributed by atoms with van der Waals surface area (Å²) < 4.78 is 15.8. The Kier molecular flexibility index (Phi) is 5.70. The molecule has 0 radical (unpaired) electrons. The smallest absolute Gasteiger partial charge is 0.338 e. The number of hydrogen-bond acceptors (Lipinski definition) is 6. The van der Waals surface area contributed by atoms with Gasteiger partial charge in [0.05, 0.1) is 45.2 Å². The van der Waals surface area contributed by atoms with E-state index in [9.17, 15) is 9.59 Å². The van der Waals surface area contributed by atoms with E-state index in [1.165, 1.54) is 19.8 Å². The number of carbonyl (C=O) groups excluding carboxylic acids is 2. The second kappa shape index (κ2) is 8.59. The van der Waals surface area contributed by atoms with Gasteiger partial charge in [-0.3, -0.25) is 0 Å². The Bertz CT molecular complexity index is 1050.